The van der Waals surface area contributed by atoms with Gasteiger partial charge in [0.25, 0.3) is 0 Å². The molecule has 2 aromatic rings. The van der Waals surface area contributed by atoms with E-state index >= 15 is 0 Å². The Kier molecular flexibility index (Phi) is 5.46. The summed E-state index contributed by atoms with van der Waals surface area (Å²) in [4.78, 5) is 32.2. The van der Waals surface area contributed by atoms with Crippen LogP contribution in [-0.4, -0.2) is 41.9 Å². The van der Waals surface area contributed by atoms with E-state index in [4.69, 9.17) is 0 Å². The normalized spacial score (nSPS) is 10.7. The molecular weight excluding hydrogens is 402 g/mol. The van der Waals surface area contributed by atoms with Crippen molar-refractivity contribution in [3.63, 3.8) is 0 Å². The van der Waals surface area contributed by atoms with Crippen molar-refractivity contribution in [2.75, 3.05) is 6.54 Å². The zero-order chi connectivity index (χ0) is 18.7. The molecular formula is C12H14BrN7O5. The van der Waals surface area contributed by atoms with E-state index in [1.165, 1.54) is 15.4 Å². The fraction of sp³-hybridized carbons (Fsp3) is 0.417. The van der Waals surface area contributed by atoms with Crippen molar-refractivity contribution in [3.05, 3.63) is 42.2 Å². The van der Waals surface area contributed by atoms with Gasteiger partial charge in [0.05, 0.1) is 34.2 Å². The van der Waals surface area contributed by atoms with Gasteiger partial charge in [-0.05, 0) is 39.6 Å². The molecule has 0 spiro atoms. The lowest BCUT2D eigenvalue weighted by molar-refractivity contribution is -0.390. The van der Waals surface area contributed by atoms with E-state index < -0.39 is 15.8 Å². The highest BCUT2D eigenvalue weighted by atomic mass is 79.9. The van der Waals surface area contributed by atoms with Crippen LogP contribution in [-0.2, 0) is 17.9 Å². The predicted molar refractivity (Wildman–Crippen MR) is 87.9 cm³/mol. The summed E-state index contributed by atoms with van der Waals surface area (Å²) in [6, 6.07) is 1.34. The molecule has 0 saturated heterocycles. The zero-order valence-corrected chi connectivity index (χ0v) is 14.9. The maximum Gasteiger partial charge on any atom is 0.404 e. The summed E-state index contributed by atoms with van der Waals surface area (Å²) >= 11 is 3.07. The average Bonchev–Trinajstić information content (AvgIpc) is 3.03. The first-order chi connectivity index (χ1) is 11.7. The Labute approximate surface area is 149 Å². The molecule has 0 unspecified atom stereocenters. The van der Waals surface area contributed by atoms with Crippen LogP contribution in [0.25, 0.3) is 0 Å². The van der Waals surface area contributed by atoms with Gasteiger partial charge in [0.15, 0.2) is 0 Å². The van der Waals surface area contributed by atoms with E-state index in [1.54, 1.807) is 13.8 Å². The van der Waals surface area contributed by atoms with Crippen molar-refractivity contribution in [2.45, 2.75) is 26.9 Å². The Bertz CT molecular complexity index is 843. The van der Waals surface area contributed by atoms with Crippen LogP contribution >= 0.6 is 15.9 Å². The lowest BCUT2D eigenvalue weighted by Gasteiger charge is -2.04. The third kappa shape index (κ3) is 4.17. The number of nitrogens with one attached hydrogen (secondary N) is 1. The van der Waals surface area contributed by atoms with E-state index in [1.807, 2.05) is 0 Å². The van der Waals surface area contributed by atoms with Crippen LogP contribution in [0.5, 0.6) is 0 Å². The van der Waals surface area contributed by atoms with Gasteiger partial charge >= 0.3 is 11.6 Å². The molecule has 0 fully saturated rings. The van der Waals surface area contributed by atoms with Gasteiger partial charge < -0.3 is 25.5 Å². The number of rotatable bonds is 7. The summed E-state index contributed by atoms with van der Waals surface area (Å²) in [5.74, 6) is -1.01. The Hall–Kier alpha value is -2.83. The summed E-state index contributed by atoms with van der Waals surface area (Å²) in [5.41, 5.74) is 1.06. The molecule has 0 atom stereocenters. The predicted octanol–water partition coefficient (Wildman–Crippen LogP) is 1.09. The molecule has 134 valence electrons. The summed E-state index contributed by atoms with van der Waals surface area (Å²) in [6.45, 7) is 3.54. The number of hydrogen-bond donors (Lipinski definition) is 1. The average molecular weight is 416 g/mol. The molecule has 2 aromatic heterocycles. The smallest absolute Gasteiger partial charge is 0.358 e. The summed E-state index contributed by atoms with van der Waals surface area (Å²) < 4.78 is 2.87. The van der Waals surface area contributed by atoms with Crippen molar-refractivity contribution >= 4 is 33.5 Å². The van der Waals surface area contributed by atoms with Crippen molar-refractivity contribution in [2.24, 2.45) is 0 Å². The first-order valence-corrected chi connectivity index (χ1v) is 7.82. The number of aromatic nitrogens is 4. The zero-order valence-electron chi connectivity index (χ0n) is 13.3. The highest BCUT2D eigenvalue weighted by molar-refractivity contribution is 9.10. The molecule has 0 saturated carbocycles. The second kappa shape index (κ2) is 7.38. The summed E-state index contributed by atoms with van der Waals surface area (Å²) in [7, 11) is 0. The maximum absolute atomic E-state index is 11.9. The number of aryl methyl sites for hydroxylation is 1. The van der Waals surface area contributed by atoms with E-state index in [0.29, 0.717) is 11.4 Å². The number of nitro groups is 2. The first-order valence-electron chi connectivity index (χ1n) is 7.03. The SMILES string of the molecule is Cc1cc([N+](=O)[O-])nn1CCNC(=O)Cn1nc([N+](=O)[O-])c(Br)c1C. The topological polar surface area (TPSA) is 151 Å². The number of carbonyl (C=O) groups excluding carboxylic acids is 1. The quantitative estimate of drug-likeness (QED) is 0.524. The monoisotopic (exact) mass is 415 g/mol. The van der Waals surface area contributed by atoms with Gasteiger partial charge in [-0.2, -0.15) is 9.36 Å². The summed E-state index contributed by atoms with van der Waals surface area (Å²) in [6.07, 6.45) is 0. The minimum atomic E-state index is -0.640. The first kappa shape index (κ1) is 18.5. The van der Waals surface area contributed by atoms with Crippen molar-refractivity contribution in [1.82, 2.24) is 24.9 Å². The minimum absolute atomic E-state index is 0.184. The molecule has 0 aromatic carbocycles. The molecule has 0 aliphatic heterocycles. The third-order valence-electron chi connectivity index (χ3n) is 3.38. The molecule has 0 aliphatic carbocycles. The van der Waals surface area contributed by atoms with E-state index in [-0.39, 0.29) is 35.7 Å². The van der Waals surface area contributed by atoms with Gasteiger partial charge in [0, 0.05) is 6.54 Å². The van der Waals surface area contributed by atoms with Crippen LogP contribution in [0.4, 0.5) is 11.6 Å². The lowest BCUT2D eigenvalue weighted by atomic mass is 10.4. The second-order valence-electron chi connectivity index (χ2n) is 5.11. The summed E-state index contributed by atoms with van der Waals surface area (Å²) in [5, 5.41) is 31.7. The Balaban J connectivity index is 1.92. The molecule has 2 heterocycles. The van der Waals surface area contributed by atoms with Gasteiger partial charge in [0.2, 0.25) is 5.91 Å². The fourth-order valence-corrected chi connectivity index (χ4v) is 2.51. The molecule has 2 rings (SSSR count). The molecule has 12 nitrogen and oxygen atoms in total. The molecule has 1 N–H and O–H groups in total. The molecule has 0 aliphatic rings. The van der Waals surface area contributed by atoms with E-state index in [0.717, 1.165) is 0 Å². The maximum atomic E-state index is 11.9. The molecule has 25 heavy (non-hydrogen) atoms. The standard InChI is InChI=1S/C12H14BrN7O5/c1-7-5-9(19(22)23)15-17(7)4-3-14-10(21)6-18-8(2)11(13)12(16-18)20(24)25/h5H,3-4,6H2,1-2H3,(H,14,21). The van der Waals surface area contributed by atoms with Gasteiger partial charge in [-0.25, -0.2) is 0 Å². The Morgan fingerprint density at radius 3 is 2.44 bits per heavy atom. The van der Waals surface area contributed by atoms with Gasteiger partial charge in [-0.1, -0.05) is 0 Å². The molecule has 0 radical (unpaired) electrons. The molecule has 13 heteroatoms. The van der Waals surface area contributed by atoms with Gasteiger partial charge in [-0.3, -0.25) is 4.79 Å². The Morgan fingerprint density at radius 1 is 1.24 bits per heavy atom. The lowest BCUT2D eigenvalue weighted by Crippen LogP contribution is -2.31. The van der Waals surface area contributed by atoms with Crippen LogP contribution in [0.15, 0.2) is 10.5 Å². The number of nitrogens with zero attached hydrogens (tertiary/aromatic N) is 6. The van der Waals surface area contributed by atoms with Gasteiger partial charge in [-0.15, -0.1) is 0 Å². The number of halogens is 1. The molecule has 0 bridgehead atoms. The van der Waals surface area contributed by atoms with Crippen LogP contribution in [0.2, 0.25) is 0 Å². The Morgan fingerprint density at radius 2 is 1.92 bits per heavy atom. The van der Waals surface area contributed by atoms with Crippen LogP contribution in [0.1, 0.15) is 11.4 Å². The van der Waals surface area contributed by atoms with Gasteiger partial charge in [0.1, 0.15) is 11.0 Å². The highest BCUT2D eigenvalue weighted by Crippen LogP contribution is 2.26. The minimum Gasteiger partial charge on any atom is -0.358 e. The van der Waals surface area contributed by atoms with E-state index in [9.17, 15) is 25.0 Å². The van der Waals surface area contributed by atoms with Crippen molar-refractivity contribution in [3.8, 4) is 0 Å². The molecule has 1 amide bonds. The number of hydrogen-bond acceptors (Lipinski definition) is 7. The van der Waals surface area contributed by atoms with Crippen LogP contribution < -0.4 is 5.32 Å². The van der Waals surface area contributed by atoms with Crippen LogP contribution in [0.3, 0.4) is 0 Å². The largest absolute Gasteiger partial charge is 0.404 e. The number of amides is 1. The number of carbonyl (C=O) groups is 1. The van der Waals surface area contributed by atoms with Crippen molar-refractivity contribution < 1.29 is 14.6 Å². The van der Waals surface area contributed by atoms with E-state index in [2.05, 4.69) is 31.4 Å². The fourth-order valence-electron chi connectivity index (χ4n) is 2.08. The van der Waals surface area contributed by atoms with Crippen LogP contribution in [0, 0.1) is 34.1 Å². The van der Waals surface area contributed by atoms with Crippen molar-refractivity contribution in [1.29, 1.82) is 0 Å². The highest BCUT2D eigenvalue weighted by Gasteiger charge is 2.24. The third-order valence-corrected chi connectivity index (χ3v) is 4.31. The second-order valence-corrected chi connectivity index (χ2v) is 5.90.